The smallest absolute Gasteiger partial charge is 0.227 e. The molecule has 2 aromatic heterocycles. The fourth-order valence-corrected chi connectivity index (χ4v) is 1.95. The van der Waals surface area contributed by atoms with E-state index in [0.717, 1.165) is 18.4 Å². The molecule has 5 heteroatoms. The number of aromatic nitrogens is 1. The van der Waals surface area contributed by atoms with Crippen LogP contribution in [0.2, 0.25) is 0 Å². The number of furan rings is 1. The number of hydrogen-bond donors (Lipinski definition) is 2. The molecule has 1 saturated carbocycles. The molecule has 0 radical (unpaired) electrons. The van der Waals surface area contributed by atoms with Crippen LogP contribution in [-0.2, 0) is 11.4 Å². The maximum atomic E-state index is 11.7. The quantitative estimate of drug-likeness (QED) is 0.881. The molecule has 3 rings (SSSR count). The number of aliphatic hydroxyl groups is 1. The van der Waals surface area contributed by atoms with Crippen molar-refractivity contribution in [1.29, 1.82) is 0 Å². The molecule has 1 aliphatic rings. The standard InChI is InChI=1S/C14H14N2O3/c17-7-11-5-12(16-14(18)9-1-2-9)6-15-13(11)10-3-4-19-8-10/h3-6,8-9,17H,1-2,7H2,(H,16,18). The summed E-state index contributed by atoms with van der Waals surface area (Å²) < 4.78 is 5.01. The zero-order chi connectivity index (χ0) is 13.2. The second kappa shape index (κ2) is 4.85. The van der Waals surface area contributed by atoms with Gasteiger partial charge in [-0.25, -0.2) is 0 Å². The van der Waals surface area contributed by atoms with Crippen molar-refractivity contribution in [3.8, 4) is 11.3 Å². The molecule has 19 heavy (non-hydrogen) atoms. The Labute approximate surface area is 110 Å². The molecule has 1 aliphatic carbocycles. The molecule has 1 fully saturated rings. The lowest BCUT2D eigenvalue weighted by Gasteiger charge is -2.08. The molecule has 0 aromatic carbocycles. The number of hydrogen-bond acceptors (Lipinski definition) is 4. The van der Waals surface area contributed by atoms with Crippen LogP contribution in [0.3, 0.4) is 0 Å². The lowest BCUT2D eigenvalue weighted by atomic mass is 10.1. The molecule has 0 aliphatic heterocycles. The minimum absolute atomic E-state index is 0.0294. The summed E-state index contributed by atoms with van der Waals surface area (Å²) in [7, 11) is 0. The van der Waals surface area contributed by atoms with Crippen LogP contribution in [-0.4, -0.2) is 16.0 Å². The second-order valence-electron chi connectivity index (χ2n) is 4.67. The molecular formula is C14H14N2O3. The van der Waals surface area contributed by atoms with Crippen molar-refractivity contribution in [2.24, 2.45) is 5.92 Å². The minimum atomic E-state index is -0.138. The third-order valence-electron chi connectivity index (χ3n) is 3.15. The summed E-state index contributed by atoms with van der Waals surface area (Å²) in [6, 6.07) is 3.53. The van der Waals surface area contributed by atoms with E-state index in [-0.39, 0.29) is 18.4 Å². The van der Waals surface area contributed by atoms with Crippen molar-refractivity contribution >= 4 is 11.6 Å². The Bertz CT molecular complexity index is 589. The number of rotatable bonds is 4. The highest BCUT2D eigenvalue weighted by Crippen LogP contribution is 2.31. The number of nitrogens with zero attached hydrogens (tertiary/aromatic N) is 1. The first-order valence-corrected chi connectivity index (χ1v) is 6.21. The number of nitrogens with one attached hydrogen (secondary N) is 1. The van der Waals surface area contributed by atoms with Gasteiger partial charge < -0.3 is 14.8 Å². The first-order valence-electron chi connectivity index (χ1n) is 6.21. The second-order valence-corrected chi connectivity index (χ2v) is 4.67. The van der Waals surface area contributed by atoms with E-state index in [4.69, 9.17) is 4.42 Å². The van der Waals surface area contributed by atoms with Crippen LogP contribution in [0.5, 0.6) is 0 Å². The lowest BCUT2D eigenvalue weighted by molar-refractivity contribution is -0.117. The van der Waals surface area contributed by atoms with Crippen molar-refractivity contribution in [1.82, 2.24) is 4.98 Å². The number of aliphatic hydroxyl groups excluding tert-OH is 1. The van der Waals surface area contributed by atoms with Crippen LogP contribution in [0.15, 0.2) is 35.3 Å². The largest absolute Gasteiger partial charge is 0.472 e. The molecule has 0 bridgehead atoms. The number of carbonyl (C=O) groups excluding carboxylic acids is 1. The monoisotopic (exact) mass is 258 g/mol. The lowest BCUT2D eigenvalue weighted by Crippen LogP contribution is -2.13. The zero-order valence-corrected chi connectivity index (χ0v) is 10.3. The summed E-state index contributed by atoms with van der Waals surface area (Å²) in [5.41, 5.74) is 2.76. The Morgan fingerprint density at radius 2 is 2.37 bits per heavy atom. The van der Waals surface area contributed by atoms with Gasteiger partial charge in [0.15, 0.2) is 0 Å². The normalized spacial score (nSPS) is 14.4. The summed E-state index contributed by atoms with van der Waals surface area (Å²) in [6.07, 6.45) is 6.64. The Morgan fingerprint density at radius 1 is 1.53 bits per heavy atom. The van der Waals surface area contributed by atoms with E-state index in [1.165, 1.54) is 0 Å². The third kappa shape index (κ3) is 2.51. The molecule has 1 amide bonds. The average Bonchev–Trinajstić information content (AvgIpc) is 3.15. The summed E-state index contributed by atoms with van der Waals surface area (Å²) in [6.45, 7) is -0.138. The van der Waals surface area contributed by atoms with Crippen molar-refractivity contribution in [2.45, 2.75) is 19.4 Å². The Hall–Kier alpha value is -2.14. The van der Waals surface area contributed by atoms with E-state index >= 15 is 0 Å². The van der Waals surface area contributed by atoms with Gasteiger partial charge in [-0.1, -0.05) is 0 Å². The highest BCUT2D eigenvalue weighted by Gasteiger charge is 2.29. The molecule has 2 heterocycles. The van der Waals surface area contributed by atoms with Crippen LogP contribution >= 0.6 is 0 Å². The van der Waals surface area contributed by atoms with Crippen molar-refractivity contribution in [3.05, 3.63) is 36.4 Å². The fourth-order valence-electron chi connectivity index (χ4n) is 1.95. The van der Waals surface area contributed by atoms with Gasteiger partial charge >= 0.3 is 0 Å². The maximum Gasteiger partial charge on any atom is 0.227 e. The predicted octanol–water partition coefficient (Wildman–Crippen LogP) is 2.18. The van der Waals surface area contributed by atoms with Gasteiger partial charge in [-0.3, -0.25) is 9.78 Å². The van der Waals surface area contributed by atoms with Crippen LogP contribution in [0, 0.1) is 5.92 Å². The summed E-state index contributed by atoms with van der Waals surface area (Å²) in [5, 5.41) is 12.2. The number of amides is 1. The Balaban J connectivity index is 1.86. The fraction of sp³-hybridized carbons (Fsp3) is 0.286. The highest BCUT2D eigenvalue weighted by atomic mass is 16.3. The molecular weight excluding hydrogens is 244 g/mol. The summed E-state index contributed by atoms with van der Waals surface area (Å²) in [4.78, 5) is 16.0. The molecule has 98 valence electrons. The van der Waals surface area contributed by atoms with Gasteiger partial charge in [-0.15, -0.1) is 0 Å². The summed E-state index contributed by atoms with van der Waals surface area (Å²) in [5.74, 6) is 0.174. The van der Waals surface area contributed by atoms with E-state index < -0.39 is 0 Å². The van der Waals surface area contributed by atoms with E-state index in [1.54, 1.807) is 30.9 Å². The van der Waals surface area contributed by atoms with Crippen LogP contribution in [0.4, 0.5) is 5.69 Å². The molecule has 2 aromatic rings. The average molecular weight is 258 g/mol. The Kier molecular flexibility index (Phi) is 3.05. The molecule has 0 atom stereocenters. The van der Waals surface area contributed by atoms with Gasteiger partial charge in [-0.05, 0) is 25.0 Å². The predicted molar refractivity (Wildman–Crippen MR) is 69.2 cm³/mol. The van der Waals surface area contributed by atoms with Gasteiger partial charge in [0.2, 0.25) is 5.91 Å². The number of carbonyl (C=O) groups is 1. The highest BCUT2D eigenvalue weighted by molar-refractivity contribution is 5.94. The topological polar surface area (TPSA) is 75.4 Å². The Morgan fingerprint density at radius 3 is 3.00 bits per heavy atom. The van der Waals surface area contributed by atoms with Gasteiger partial charge in [0, 0.05) is 17.0 Å². The van der Waals surface area contributed by atoms with Crippen molar-refractivity contribution < 1.29 is 14.3 Å². The summed E-state index contributed by atoms with van der Waals surface area (Å²) >= 11 is 0. The van der Waals surface area contributed by atoms with E-state index in [0.29, 0.717) is 16.9 Å². The van der Waals surface area contributed by atoms with Gasteiger partial charge in [0.1, 0.15) is 0 Å². The minimum Gasteiger partial charge on any atom is -0.472 e. The molecule has 0 unspecified atom stereocenters. The van der Waals surface area contributed by atoms with Gasteiger partial charge in [0.05, 0.1) is 36.7 Å². The maximum absolute atomic E-state index is 11.7. The number of pyridine rings is 1. The van der Waals surface area contributed by atoms with Crippen LogP contribution in [0.1, 0.15) is 18.4 Å². The van der Waals surface area contributed by atoms with Crippen LogP contribution in [0.25, 0.3) is 11.3 Å². The van der Waals surface area contributed by atoms with Gasteiger partial charge in [0.25, 0.3) is 0 Å². The van der Waals surface area contributed by atoms with Gasteiger partial charge in [-0.2, -0.15) is 0 Å². The van der Waals surface area contributed by atoms with Crippen molar-refractivity contribution in [3.63, 3.8) is 0 Å². The number of anilines is 1. The molecule has 5 nitrogen and oxygen atoms in total. The van der Waals surface area contributed by atoms with Crippen molar-refractivity contribution in [2.75, 3.05) is 5.32 Å². The zero-order valence-electron chi connectivity index (χ0n) is 10.3. The van der Waals surface area contributed by atoms with E-state index in [1.807, 2.05) is 0 Å². The molecule has 0 spiro atoms. The van der Waals surface area contributed by atoms with Crippen LogP contribution < -0.4 is 5.32 Å². The third-order valence-corrected chi connectivity index (χ3v) is 3.15. The first-order chi connectivity index (χ1) is 9.28. The van der Waals surface area contributed by atoms with E-state index in [9.17, 15) is 9.90 Å². The molecule has 2 N–H and O–H groups in total. The molecule has 0 saturated heterocycles. The first kappa shape index (κ1) is 11.9. The van der Waals surface area contributed by atoms with E-state index in [2.05, 4.69) is 10.3 Å². The SMILES string of the molecule is O=C(Nc1cnc(-c2ccoc2)c(CO)c1)C1CC1.